The summed E-state index contributed by atoms with van der Waals surface area (Å²) < 4.78 is 1.95. The van der Waals surface area contributed by atoms with Crippen molar-refractivity contribution >= 4 is 17.5 Å². The highest BCUT2D eigenvalue weighted by atomic mass is 32.2. The quantitative estimate of drug-likeness (QED) is 0.256. The van der Waals surface area contributed by atoms with E-state index < -0.39 is 0 Å². The Balaban J connectivity index is 1.42. The SMILES string of the molecule is Cn1c(SCC(=O)c2ccc(-c3ccccc3)cc2)nnc1-c1ccc(C(C)(C)C)cc1. The van der Waals surface area contributed by atoms with Crippen molar-refractivity contribution in [1.29, 1.82) is 0 Å². The lowest BCUT2D eigenvalue weighted by molar-refractivity contribution is 0.102. The van der Waals surface area contributed by atoms with E-state index in [2.05, 4.69) is 67.4 Å². The Morgan fingerprint density at radius 3 is 2.03 bits per heavy atom. The number of carbonyl (C=O) groups is 1. The smallest absolute Gasteiger partial charge is 0.191 e. The summed E-state index contributed by atoms with van der Waals surface area (Å²) in [6.45, 7) is 6.60. The monoisotopic (exact) mass is 441 g/mol. The zero-order valence-electron chi connectivity index (χ0n) is 18.9. The Kier molecular flexibility index (Phi) is 6.28. The van der Waals surface area contributed by atoms with Gasteiger partial charge in [-0.1, -0.05) is 111 Å². The van der Waals surface area contributed by atoms with Crippen LogP contribution in [0.3, 0.4) is 0 Å². The summed E-state index contributed by atoms with van der Waals surface area (Å²) in [5, 5.41) is 9.39. The number of ketones is 1. The summed E-state index contributed by atoms with van der Waals surface area (Å²) >= 11 is 1.41. The molecule has 162 valence electrons. The van der Waals surface area contributed by atoms with Crippen LogP contribution in [0.2, 0.25) is 0 Å². The molecule has 32 heavy (non-hydrogen) atoms. The maximum Gasteiger partial charge on any atom is 0.191 e. The summed E-state index contributed by atoms with van der Waals surface area (Å²) in [5.41, 5.74) is 5.36. The molecule has 1 aromatic heterocycles. The predicted octanol–water partition coefficient (Wildman–Crippen LogP) is 6.42. The molecular weight excluding hydrogens is 414 g/mol. The number of thioether (sulfide) groups is 1. The molecule has 4 nitrogen and oxygen atoms in total. The maximum absolute atomic E-state index is 12.7. The van der Waals surface area contributed by atoms with Crippen molar-refractivity contribution in [3.05, 3.63) is 90.0 Å². The minimum Gasteiger partial charge on any atom is -0.305 e. The van der Waals surface area contributed by atoms with Crippen LogP contribution in [0.15, 0.2) is 84.0 Å². The lowest BCUT2D eigenvalue weighted by atomic mass is 9.87. The van der Waals surface area contributed by atoms with Crippen molar-refractivity contribution in [3.8, 4) is 22.5 Å². The van der Waals surface area contributed by atoms with Gasteiger partial charge in [0.2, 0.25) is 0 Å². The Morgan fingerprint density at radius 1 is 0.812 bits per heavy atom. The second kappa shape index (κ2) is 9.13. The Labute approximate surface area is 193 Å². The third-order valence-electron chi connectivity index (χ3n) is 5.49. The van der Waals surface area contributed by atoms with Crippen LogP contribution in [0.1, 0.15) is 36.7 Å². The van der Waals surface area contributed by atoms with E-state index in [-0.39, 0.29) is 11.2 Å². The molecule has 0 saturated heterocycles. The van der Waals surface area contributed by atoms with Gasteiger partial charge >= 0.3 is 0 Å². The van der Waals surface area contributed by atoms with E-state index in [9.17, 15) is 4.79 Å². The van der Waals surface area contributed by atoms with Crippen LogP contribution >= 0.6 is 11.8 Å². The van der Waals surface area contributed by atoms with Crippen LogP contribution in [0.25, 0.3) is 22.5 Å². The van der Waals surface area contributed by atoms with Gasteiger partial charge < -0.3 is 4.57 Å². The zero-order valence-corrected chi connectivity index (χ0v) is 19.7. The first-order chi connectivity index (χ1) is 15.3. The fourth-order valence-corrected chi connectivity index (χ4v) is 4.31. The maximum atomic E-state index is 12.7. The van der Waals surface area contributed by atoms with Gasteiger partial charge in [0, 0.05) is 18.2 Å². The number of rotatable bonds is 6. The van der Waals surface area contributed by atoms with Crippen molar-refractivity contribution in [2.45, 2.75) is 31.3 Å². The number of carbonyl (C=O) groups excluding carboxylic acids is 1. The van der Waals surface area contributed by atoms with Crippen molar-refractivity contribution in [2.24, 2.45) is 7.05 Å². The van der Waals surface area contributed by atoms with Gasteiger partial charge in [-0.25, -0.2) is 0 Å². The van der Waals surface area contributed by atoms with Crippen molar-refractivity contribution in [1.82, 2.24) is 14.8 Å². The van der Waals surface area contributed by atoms with Crippen LogP contribution in [-0.2, 0) is 12.5 Å². The molecule has 0 amide bonds. The van der Waals surface area contributed by atoms with Crippen LogP contribution in [0, 0.1) is 0 Å². The van der Waals surface area contributed by atoms with Gasteiger partial charge in [0.05, 0.1) is 5.75 Å². The molecule has 1 heterocycles. The lowest BCUT2D eigenvalue weighted by Gasteiger charge is -2.19. The highest BCUT2D eigenvalue weighted by Gasteiger charge is 2.16. The molecule has 0 radical (unpaired) electrons. The number of aromatic nitrogens is 3. The Hall–Kier alpha value is -3.18. The van der Waals surface area contributed by atoms with Crippen molar-refractivity contribution < 1.29 is 4.79 Å². The fraction of sp³-hybridized carbons (Fsp3) is 0.222. The fourth-order valence-electron chi connectivity index (χ4n) is 3.50. The summed E-state index contributed by atoms with van der Waals surface area (Å²) in [5.74, 6) is 1.20. The molecule has 0 atom stereocenters. The molecule has 0 fully saturated rings. The van der Waals surface area contributed by atoms with Gasteiger partial charge in [-0.2, -0.15) is 0 Å². The topological polar surface area (TPSA) is 47.8 Å². The molecule has 4 aromatic rings. The lowest BCUT2D eigenvalue weighted by Crippen LogP contribution is -2.10. The molecule has 0 aliphatic heterocycles. The van der Waals surface area contributed by atoms with Crippen molar-refractivity contribution in [2.75, 3.05) is 5.75 Å². The molecule has 0 unspecified atom stereocenters. The van der Waals surface area contributed by atoms with Crippen LogP contribution < -0.4 is 0 Å². The molecule has 0 aliphatic rings. The number of hydrogen-bond acceptors (Lipinski definition) is 4. The van der Waals surface area contributed by atoms with Gasteiger partial charge in [0.1, 0.15) is 0 Å². The van der Waals surface area contributed by atoms with Gasteiger partial charge in [0.25, 0.3) is 0 Å². The number of nitrogens with zero attached hydrogens (tertiary/aromatic N) is 3. The summed E-state index contributed by atoms with van der Waals surface area (Å²) in [4.78, 5) is 12.7. The van der Waals surface area contributed by atoms with Crippen LogP contribution in [0.4, 0.5) is 0 Å². The zero-order chi connectivity index (χ0) is 22.7. The minimum atomic E-state index is 0.0775. The second-order valence-corrected chi connectivity index (χ2v) is 9.79. The molecule has 0 saturated carbocycles. The predicted molar refractivity (Wildman–Crippen MR) is 132 cm³/mol. The molecule has 0 bridgehead atoms. The standard InChI is InChI=1S/C27H27N3OS/c1-27(2,3)23-16-14-22(15-17-23)25-28-29-26(30(25)4)32-18-24(31)21-12-10-20(11-13-21)19-8-6-5-7-9-19/h5-17H,18H2,1-4H3. The third kappa shape index (κ3) is 4.83. The first-order valence-electron chi connectivity index (χ1n) is 10.6. The molecule has 3 aromatic carbocycles. The van der Waals surface area contributed by atoms with E-state index in [1.165, 1.54) is 17.3 Å². The molecule has 0 aliphatic carbocycles. The molecule has 5 heteroatoms. The van der Waals surface area contributed by atoms with Crippen LogP contribution in [0.5, 0.6) is 0 Å². The Morgan fingerprint density at radius 2 is 1.41 bits per heavy atom. The largest absolute Gasteiger partial charge is 0.305 e. The first-order valence-corrected chi connectivity index (χ1v) is 11.6. The minimum absolute atomic E-state index is 0.0775. The third-order valence-corrected chi connectivity index (χ3v) is 6.51. The van der Waals surface area contributed by atoms with Crippen LogP contribution in [-0.4, -0.2) is 26.3 Å². The van der Waals surface area contributed by atoms with E-state index in [1.807, 2.05) is 54.1 Å². The average molecular weight is 442 g/mol. The summed E-state index contributed by atoms with van der Waals surface area (Å²) in [6, 6.07) is 26.4. The van der Waals surface area contributed by atoms with Gasteiger partial charge in [-0.05, 0) is 22.1 Å². The number of hydrogen-bond donors (Lipinski definition) is 0. The first kappa shape index (κ1) is 22.0. The van der Waals surface area contributed by atoms with Crippen molar-refractivity contribution in [3.63, 3.8) is 0 Å². The number of benzene rings is 3. The molecule has 4 rings (SSSR count). The highest BCUT2D eigenvalue weighted by Crippen LogP contribution is 2.27. The number of Topliss-reactive ketones (excluding diaryl/α,β-unsaturated/α-hetero) is 1. The summed E-state index contributed by atoms with van der Waals surface area (Å²) in [7, 11) is 1.94. The normalized spacial score (nSPS) is 11.5. The van der Waals surface area contributed by atoms with E-state index in [1.54, 1.807) is 0 Å². The van der Waals surface area contributed by atoms with E-state index in [0.29, 0.717) is 11.3 Å². The highest BCUT2D eigenvalue weighted by molar-refractivity contribution is 7.99. The summed E-state index contributed by atoms with van der Waals surface area (Å²) in [6.07, 6.45) is 0. The van der Waals surface area contributed by atoms with E-state index >= 15 is 0 Å². The van der Waals surface area contributed by atoms with Gasteiger partial charge in [0.15, 0.2) is 16.8 Å². The van der Waals surface area contributed by atoms with E-state index in [4.69, 9.17) is 0 Å². The second-order valence-electron chi connectivity index (χ2n) is 8.85. The van der Waals surface area contributed by atoms with Gasteiger partial charge in [-0.3, -0.25) is 4.79 Å². The van der Waals surface area contributed by atoms with Gasteiger partial charge in [-0.15, -0.1) is 10.2 Å². The molecule has 0 N–H and O–H groups in total. The average Bonchev–Trinajstić information content (AvgIpc) is 3.18. The van der Waals surface area contributed by atoms with E-state index in [0.717, 1.165) is 27.7 Å². The molecular formula is C27H27N3OS. The Bertz CT molecular complexity index is 1200. The molecule has 0 spiro atoms.